The molecule has 0 aromatic rings. The van der Waals surface area contributed by atoms with Crippen molar-refractivity contribution < 1.29 is 9.59 Å². The summed E-state index contributed by atoms with van der Waals surface area (Å²) in [5.74, 6) is 0.943. The van der Waals surface area contributed by atoms with Crippen LogP contribution in [0.15, 0.2) is 0 Å². The zero-order valence-corrected chi connectivity index (χ0v) is 14.1. The lowest BCUT2D eigenvalue weighted by Gasteiger charge is -2.36. The van der Waals surface area contributed by atoms with Gasteiger partial charge < -0.3 is 20.0 Å². The molecule has 1 atom stereocenters. The van der Waals surface area contributed by atoms with Gasteiger partial charge in [-0.25, -0.2) is 0 Å². The van der Waals surface area contributed by atoms with Crippen LogP contribution in [0.1, 0.15) is 19.3 Å². The Balaban J connectivity index is 0.00000176. The Bertz CT molecular complexity index is 408. The highest BCUT2D eigenvalue weighted by Crippen LogP contribution is 2.30. The maximum atomic E-state index is 12.4. The Morgan fingerprint density at radius 1 is 1.18 bits per heavy atom. The lowest BCUT2D eigenvalue weighted by molar-refractivity contribution is -0.141. The van der Waals surface area contributed by atoms with Crippen molar-refractivity contribution in [1.29, 1.82) is 0 Å². The maximum Gasteiger partial charge on any atom is 0.240 e. The van der Waals surface area contributed by atoms with Gasteiger partial charge in [-0.3, -0.25) is 9.59 Å². The normalized spacial score (nSPS) is 26.8. The molecule has 3 rings (SSSR count). The summed E-state index contributed by atoms with van der Waals surface area (Å²) < 4.78 is 0. The van der Waals surface area contributed by atoms with Gasteiger partial charge in [0.25, 0.3) is 0 Å². The molecule has 126 valence electrons. The summed E-state index contributed by atoms with van der Waals surface area (Å²) in [6, 6.07) is -0.315. The average molecular weight is 331 g/mol. The number of nitrogens with one attached hydrogen (secondary N) is 1. The van der Waals surface area contributed by atoms with Crippen molar-refractivity contribution in [3.05, 3.63) is 0 Å². The largest absolute Gasteiger partial charge is 0.340 e. The van der Waals surface area contributed by atoms with Crippen molar-refractivity contribution in [2.45, 2.75) is 25.3 Å². The average Bonchev–Trinajstić information content (AvgIpc) is 3.28. The monoisotopic (exact) mass is 330 g/mol. The van der Waals surface area contributed by atoms with Gasteiger partial charge in [-0.05, 0) is 25.8 Å². The lowest BCUT2D eigenvalue weighted by Crippen LogP contribution is -2.57. The van der Waals surface area contributed by atoms with Gasteiger partial charge in [0.2, 0.25) is 11.8 Å². The van der Waals surface area contributed by atoms with E-state index >= 15 is 0 Å². The van der Waals surface area contributed by atoms with Crippen LogP contribution >= 0.6 is 12.4 Å². The summed E-state index contributed by atoms with van der Waals surface area (Å²) in [6.07, 6.45) is 2.81. The molecule has 6 nitrogen and oxygen atoms in total. The fraction of sp³-hybridized carbons (Fsp3) is 0.867. The van der Waals surface area contributed by atoms with Crippen molar-refractivity contribution in [3.8, 4) is 0 Å². The fourth-order valence-electron chi connectivity index (χ4n) is 3.10. The number of likely N-dealkylation sites (N-methyl/N-ethyl adjacent to an activating group) is 1. The van der Waals surface area contributed by atoms with E-state index in [1.165, 1.54) is 12.8 Å². The van der Waals surface area contributed by atoms with E-state index in [1.54, 1.807) is 0 Å². The molecule has 0 bridgehead atoms. The van der Waals surface area contributed by atoms with Crippen LogP contribution in [0, 0.1) is 5.92 Å². The van der Waals surface area contributed by atoms with E-state index in [4.69, 9.17) is 0 Å². The van der Waals surface area contributed by atoms with Crippen LogP contribution < -0.4 is 5.32 Å². The van der Waals surface area contributed by atoms with Crippen LogP contribution in [0.2, 0.25) is 0 Å². The van der Waals surface area contributed by atoms with Crippen molar-refractivity contribution in [2.24, 2.45) is 5.92 Å². The minimum Gasteiger partial charge on any atom is -0.340 e. The van der Waals surface area contributed by atoms with Gasteiger partial charge >= 0.3 is 0 Å². The first-order valence-electron chi connectivity index (χ1n) is 8.12. The number of carbonyl (C=O) groups is 2. The van der Waals surface area contributed by atoms with Gasteiger partial charge in [0.05, 0.1) is 12.5 Å². The smallest absolute Gasteiger partial charge is 0.240 e. The van der Waals surface area contributed by atoms with E-state index in [0.29, 0.717) is 12.3 Å². The van der Waals surface area contributed by atoms with Crippen molar-refractivity contribution in [1.82, 2.24) is 20.0 Å². The summed E-state index contributed by atoms with van der Waals surface area (Å²) in [7, 11) is 2.07. The Hall–Kier alpha value is -0.850. The quantitative estimate of drug-likeness (QED) is 0.774. The van der Waals surface area contributed by atoms with E-state index in [1.807, 2.05) is 9.80 Å². The molecule has 1 saturated carbocycles. The molecule has 3 fully saturated rings. The number of amides is 2. The van der Waals surface area contributed by atoms with Gasteiger partial charge in [-0.15, -0.1) is 12.4 Å². The first kappa shape index (κ1) is 17.5. The van der Waals surface area contributed by atoms with Crippen LogP contribution in [-0.4, -0.2) is 85.4 Å². The Morgan fingerprint density at radius 2 is 1.86 bits per heavy atom. The van der Waals surface area contributed by atoms with Crippen LogP contribution in [0.4, 0.5) is 0 Å². The van der Waals surface area contributed by atoms with Crippen molar-refractivity contribution in [3.63, 3.8) is 0 Å². The molecule has 2 saturated heterocycles. The third-order valence-corrected chi connectivity index (χ3v) is 4.79. The molecule has 2 heterocycles. The highest BCUT2D eigenvalue weighted by molar-refractivity contribution is 5.89. The number of piperazine rings is 2. The molecule has 22 heavy (non-hydrogen) atoms. The van der Waals surface area contributed by atoms with Crippen molar-refractivity contribution in [2.75, 3.05) is 52.9 Å². The first-order valence-corrected chi connectivity index (χ1v) is 8.12. The number of rotatable bonds is 4. The second-order valence-corrected chi connectivity index (χ2v) is 6.62. The Kier molecular flexibility index (Phi) is 6.06. The molecule has 1 aliphatic carbocycles. The van der Waals surface area contributed by atoms with E-state index in [0.717, 1.165) is 45.8 Å². The van der Waals surface area contributed by atoms with E-state index in [2.05, 4.69) is 17.3 Å². The topological polar surface area (TPSA) is 55.9 Å². The first-order chi connectivity index (χ1) is 10.1. The third kappa shape index (κ3) is 4.33. The van der Waals surface area contributed by atoms with Crippen LogP contribution in [0.3, 0.4) is 0 Å². The summed E-state index contributed by atoms with van der Waals surface area (Å²) >= 11 is 0. The van der Waals surface area contributed by atoms with Gasteiger partial charge in [-0.1, -0.05) is 0 Å². The van der Waals surface area contributed by atoms with Crippen LogP contribution in [0.5, 0.6) is 0 Å². The molecule has 0 aromatic heterocycles. The molecule has 0 radical (unpaired) electrons. The lowest BCUT2D eigenvalue weighted by atomic mass is 10.1. The number of hydrogen-bond acceptors (Lipinski definition) is 4. The number of halogens is 1. The number of nitrogens with zero attached hydrogens (tertiary/aromatic N) is 3. The van der Waals surface area contributed by atoms with E-state index in [-0.39, 0.29) is 30.3 Å². The van der Waals surface area contributed by atoms with Gasteiger partial charge in [0.1, 0.15) is 0 Å². The second-order valence-electron chi connectivity index (χ2n) is 6.62. The highest BCUT2D eigenvalue weighted by Gasteiger charge is 2.34. The predicted octanol–water partition coefficient (Wildman–Crippen LogP) is -0.217. The van der Waals surface area contributed by atoms with Gasteiger partial charge in [-0.2, -0.15) is 0 Å². The van der Waals surface area contributed by atoms with Gasteiger partial charge in [0.15, 0.2) is 0 Å². The highest BCUT2D eigenvalue weighted by atomic mass is 35.5. The Labute approximate surface area is 138 Å². The second kappa shape index (κ2) is 7.62. The maximum absolute atomic E-state index is 12.4. The molecule has 0 aromatic carbocycles. The molecule has 2 aliphatic heterocycles. The predicted molar refractivity (Wildman–Crippen MR) is 87.0 cm³/mol. The number of hydrogen-bond donors (Lipinski definition) is 1. The molecule has 1 unspecified atom stereocenters. The zero-order chi connectivity index (χ0) is 14.8. The molecular weight excluding hydrogens is 304 g/mol. The third-order valence-electron chi connectivity index (χ3n) is 4.79. The van der Waals surface area contributed by atoms with Crippen LogP contribution in [-0.2, 0) is 9.59 Å². The molecule has 0 spiro atoms. The van der Waals surface area contributed by atoms with Crippen molar-refractivity contribution >= 4 is 24.2 Å². The Morgan fingerprint density at radius 3 is 2.50 bits per heavy atom. The van der Waals surface area contributed by atoms with Gasteiger partial charge in [0, 0.05) is 45.8 Å². The van der Waals surface area contributed by atoms with Crippen LogP contribution in [0.25, 0.3) is 0 Å². The van der Waals surface area contributed by atoms with E-state index < -0.39 is 0 Å². The number of carbonyl (C=O) groups excluding carboxylic acids is 2. The molecule has 7 heteroatoms. The van der Waals surface area contributed by atoms with E-state index in [9.17, 15) is 9.59 Å². The summed E-state index contributed by atoms with van der Waals surface area (Å²) in [4.78, 5) is 30.9. The minimum atomic E-state index is -0.315. The molecule has 3 aliphatic rings. The summed E-state index contributed by atoms with van der Waals surface area (Å²) in [5, 5.41) is 3.22. The fourth-order valence-corrected chi connectivity index (χ4v) is 3.10. The molecular formula is C15H27ClN4O2. The SMILES string of the molecule is CN1CCN(C(=O)CC2NCCN(CC3CC3)C2=O)CC1.Cl. The summed E-state index contributed by atoms with van der Waals surface area (Å²) in [5.41, 5.74) is 0. The summed E-state index contributed by atoms with van der Waals surface area (Å²) in [6.45, 7) is 5.88. The minimum absolute atomic E-state index is 0. The molecule has 1 N–H and O–H groups in total. The molecule has 2 amide bonds. The zero-order valence-electron chi connectivity index (χ0n) is 13.3. The standard InChI is InChI=1S/C15H26N4O2.ClH/c1-17-6-8-18(9-7-17)14(20)10-13-15(21)19(5-4-16-13)11-12-2-3-12;/h12-13,16H,2-11H2,1H3;1H.